The van der Waals surface area contributed by atoms with E-state index in [1.165, 1.54) is 29.7 Å². The van der Waals surface area contributed by atoms with Gasteiger partial charge in [0.25, 0.3) is 0 Å². The highest BCUT2D eigenvalue weighted by atomic mass is 32.2. The second kappa shape index (κ2) is 7.82. The molecule has 0 saturated carbocycles. The van der Waals surface area contributed by atoms with Gasteiger partial charge < -0.3 is 10.1 Å². The fourth-order valence-electron chi connectivity index (χ4n) is 2.17. The molecule has 3 heteroatoms. The Morgan fingerprint density at radius 3 is 3.06 bits per heavy atom. The van der Waals surface area contributed by atoms with E-state index in [0.717, 1.165) is 25.4 Å². The van der Waals surface area contributed by atoms with Crippen molar-refractivity contribution in [2.24, 2.45) is 0 Å². The molecule has 2 nitrogen and oxygen atoms in total. The van der Waals surface area contributed by atoms with Crippen molar-refractivity contribution in [3.8, 4) is 0 Å². The van der Waals surface area contributed by atoms with Gasteiger partial charge in [-0.25, -0.2) is 0 Å². The van der Waals surface area contributed by atoms with E-state index in [1.54, 1.807) is 0 Å². The van der Waals surface area contributed by atoms with Gasteiger partial charge in [-0.1, -0.05) is 24.3 Å². The maximum absolute atomic E-state index is 5.58. The van der Waals surface area contributed by atoms with Crippen molar-refractivity contribution in [2.75, 3.05) is 25.4 Å². The predicted molar refractivity (Wildman–Crippen MR) is 79.2 cm³/mol. The molecular weight excluding hydrogens is 242 g/mol. The Morgan fingerprint density at radius 1 is 1.39 bits per heavy atom. The molecule has 1 aliphatic rings. The summed E-state index contributed by atoms with van der Waals surface area (Å²) < 4.78 is 5.58. The maximum Gasteiger partial charge on any atom is 0.0700 e. The van der Waals surface area contributed by atoms with Crippen molar-refractivity contribution in [3.05, 3.63) is 35.4 Å². The van der Waals surface area contributed by atoms with Crippen molar-refractivity contribution in [3.63, 3.8) is 0 Å². The Bertz CT molecular complexity index is 350. The zero-order valence-electron chi connectivity index (χ0n) is 11.2. The van der Waals surface area contributed by atoms with Crippen LogP contribution in [0.5, 0.6) is 0 Å². The van der Waals surface area contributed by atoms with E-state index in [2.05, 4.69) is 36.5 Å². The van der Waals surface area contributed by atoms with Crippen molar-refractivity contribution in [1.82, 2.24) is 5.32 Å². The first-order valence-electron chi connectivity index (χ1n) is 6.81. The van der Waals surface area contributed by atoms with Crippen LogP contribution in [-0.4, -0.2) is 31.6 Å². The third-order valence-electron chi connectivity index (χ3n) is 3.34. The minimum atomic E-state index is 0.464. The molecule has 1 heterocycles. The molecule has 0 amide bonds. The van der Waals surface area contributed by atoms with Gasteiger partial charge in [-0.3, -0.25) is 0 Å². The van der Waals surface area contributed by atoms with Crippen LogP contribution in [0, 0.1) is 6.92 Å². The zero-order valence-corrected chi connectivity index (χ0v) is 12.0. The van der Waals surface area contributed by atoms with Crippen LogP contribution in [0.3, 0.4) is 0 Å². The van der Waals surface area contributed by atoms with Crippen molar-refractivity contribution < 1.29 is 4.74 Å². The average molecular weight is 265 g/mol. The predicted octanol–water partition coefficient (Wildman–Crippen LogP) is 3.00. The number of nitrogens with one attached hydrogen (secondary N) is 1. The summed E-state index contributed by atoms with van der Waals surface area (Å²) in [5, 5.41) is 3.48. The van der Waals surface area contributed by atoms with E-state index in [9.17, 15) is 0 Å². The summed E-state index contributed by atoms with van der Waals surface area (Å²) in [7, 11) is 0. The number of ether oxygens (including phenoxy) is 1. The first-order chi connectivity index (χ1) is 8.86. The van der Waals surface area contributed by atoms with Crippen molar-refractivity contribution in [2.45, 2.75) is 31.6 Å². The van der Waals surface area contributed by atoms with E-state index >= 15 is 0 Å². The lowest BCUT2D eigenvalue weighted by Gasteiger charge is -2.10. The molecule has 18 heavy (non-hydrogen) atoms. The van der Waals surface area contributed by atoms with E-state index in [0.29, 0.717) is 6.10 Å². The molecule has 100 valence electrons. The molecular formula is C15H23NOS. The lowest BCUT2D eigenvalue weighted by Crippen LogP contribution is -2.27. The lowest BCUT2D eigenvalue weighted by atomic mass is 10.1. The summed E-state index contributed by atoms with van der Waals surface area (Å²) in [6.07, 6.45) is 2.92. The molecule has 0 spiro atoms. The monoisotopic (exact) mass is 265 g/mol. The Balaban J connectivity index is 1.52. The van der Waals surface area contributed by atoms with Crippen molar-refractivity contribution >= 4 is 11.8 Å². The molecule has 0 aromatic heterocycles. The zero-order chi connectivity index (χ0) is 12.6. The SMILES string of the molecule is Cc1ccccc1CSCCNCC1CCCO1. The van der Waals surface area contributed by atoms with Gasteiger partial charge in [-0.05, 0) is 30.9 Å². The lowest BCUT2D eigenvalue weighted by molar-refractivity contribution is 0.110. The van der Waals surface area contributed by atoms with E-state index in [1.807, 2.05) is 11.8 Å². The van der Waals surface area contributed by atoms with Crippen LogP contribution in [0.1, 0.15) is 24.0 Å². The minimum absolute atomic E-state index is 0.464. The Labute approximate surface area is 114 Å². The van der Waals surface area contributed by atoms with Gasteiger partial charge in [0.1, 0.15) is 0 Å². The largest absolute Gasteiger partial charge is 0.377 e. The summed E-state index contributed by atoms with van der Waals surface area (Å²) in [4.78, 5) is 0. The van der Waals surface area contributed by atoms with E-state index in [4.69, 9.17) is 4.74 Å². The van der Waals surface area contributed by atoms with Gasteiger partial charge >= 0.3 is 0 Å². The van der Waals surface area contributed by atoms with E-state index in [-0.39, 0.29) is 0 Å². The molecule has 1 unspecified atom stereocenters. The minimum Gasteiger partial charge on any atom is -0.377 e. The molecule has 1 atom stereocenters. The molecule has 1 aromatic carbocycles. The molecule has 0 bridgehead atoms. The number of hydrogen-bond donors (Lipinski definition) is 1. The highest BCUT2D eigenvalue weighted by molar-refractivity contribution is 7.98. The third kappa shape index (κ3) is 4.63. The van der Waals surface area contributed by atoms with Gasteiger partial charge in [-0.2, -0.15) is 11.8 Å². The maximum atomic E-state index is 5.58. The van der Waals surface area contributed by atoms with Crippen LogP contribution in [-0.2, 0) is 10.5 Å². The molecule has 2 rings (SSSR count). The highest BCUT2D eigenvalue weighted by Gasteiger charge is 2.13. The fourth-order valence-corrected chi connectivity index (χ4v) is 3.14. The average Bonchev–Trinajstić information content (AvgIpc) is 2.89. The number of hydrogen-bond acceptors (Lipinski definition) is 3. The van der Waals surface area contributed by atoms with Gasteiger partial charge in [-0.15, -0.1) is 0 Å². The third-order valence-corrected chi connectivity index (χ3v) is 4.35. The standard InChI is InChI=1S/C15H23NOS/c1-13-5-2-3-6-14(13)12-18-10-8-16-11-15-7-4-9-17-15/h2-3,5-6,15-16H,4,7-12H2,1H3. The smallest absolute Gasteiger partial charge is 0.0700 e. The van der Waals surface area contributed by atoms with Crippen LogP contribution in [0.15, 0.2) is 24.3 Å². The molecule has 1 fully saturated rings. The van der Waals surface area contributed by atoms with Crippen LogP contribution < -0.4 is 5.32 Å². The molecule has 1 aromatic rings. The topological polar surface area (TPSA) is 21.3 Å². The molecule has 0 radical (unpaired) electrons. The number of aryl methyl sites for hydroxylation is 1. The number of thioether (sulfide) groups is 1. The van der Waals surface area contributed by atoms with E-state index < -0.39 is 0 Å². The summed E-state index contributed by atoms with van der Waals surface area (Å²) >= 11 is 2.00. The van der Waals surface area contributed by atoms with Gasteiger partial charge in [0.15, 0.2) is 0 Å². The highest BCUT2D eigenvalue weighted by Crippen LogP contribution is 2.15. The fraction of sp³-hybridized carbons (Fsp3) is 0.600. The molecule has 0 aliphatic carbocycles. The van der Waals surface area contributed by atoms with Gasteiger partial charge in [0.05, 0.1) is 6.10 Å². The Kier molecular flexibility index (Phi) is 6.05. The Morgan fingerprint density at radius 2 is 2.28 bits per heavy atom. The van der Waals surface area contributed by atoms with Gasteiger partial charge in [0.2, 0.25) is 0 Å². The second-order valence-corrected chi connectivity index (χ2v) is 5.92. The second-order valence-electron chi connectivity index (χ2n) is 4.82. The molecule has 1 saturated heterocycles. The van der Waals surface area contributed by atoms with Crippen LogP contribution >= 0.6 is 11.8 Å². The summed E-state index contributed by atoms with van der Waals surface area (Å²) in [6.45, 7) is 5.24. The van der Waals surface area contributed by atoms with Gasteiger partial charge in [0, 0.05) is 31.2 Å². The number of rotatable bonds is 7. The summed E-state index contributed by atoms with van der Waals surface area (Å²) in [5.41, 5.74) is 2.86. The summed E-state index contributed by atoms with van der Waals surface area (Å²) in [5.74, 6) is 2.29. The quantitative estimate of drug-likeness (QED) is 0.766. The normalized spacial score (nSPS) is 19.3. The van der Waals surface area contributed by atoms with Crippen molar-refractivity contribution in [1.29, 1.82) is 0 Å². The molecule has 1 aliphatic heterocycles. The Hall–Kier alpha value is -0.510. The van der Waals surface area contributed by atoms with Crippen LogP contribution in [0.25, 0.3) is 0 Å². The molecule has 1 N–H and O–H groups in total. The van der Waals surface area contributed by atoms with Crippen LogP contribution in [0.2, 0.25) is 0 Å². The summed E-state index contributed by atoms with van der Waals surface area (Å²) in [6, 6.07) is 8.64. The number of benzene rings is 1. The first kappa shape index (κ1) is 13.9. The first-order valence-corrected chi connectivity index (χ1v) is 7.96. The van der Waals surface area contributed by atoms with Crippen LogP contribution in [0.4, 0.5) is 0 Å².